The van der Waals surface area contributed by atoms with E-state index in [4.69, 9.17) is 9.53 Å². The molecule has 1 unspecified atom stereocenters. The number of benzene rings is 1. The Balaban J connectivity index is 0.000000980. The second-order valence-electron chi connectivity index (χ2n) is 4.36. The number of carbonyl (C=O) groups excluding carboxylic acids is 2. The number of rotatable bonds is 3. The number of aryl methyl sites for hydroxylation is 2. The van der Waals surface area contributed by atoms with Crippen LogP contribution in [0.3, 0.4) is 0 Å². The van der Waals surface area contributed by atoms with Crippen LogP contribution in [0.1, 0.15) is 29.7 Å². The van der Waals surface area contributed by atoms with Crippen molar-refractivity contribution < 1.29 is 19.2 Å². The first-order valence-corrected chi connectivity index (χ1v) is 6.38. The highest BCUT2D eigenvalue weighted by molar-refractivity contribution is 5.67. The molecule has 0 aliphatic heterocycles. The summed E-state index contributed by atoms with van der Waals surface area (Å²) in [7, 11) is 2.82. The molecule has 1 atom stereocenters. The number of amides is 1. The zero-order chi connectivity index (χ0) is 17.3. The van der Waals surface area contributed by atoms with Gasteiger partial charge in [0.1, 0.15) is 6.10 Å². The summed E-state index contributed by atoms with van der Waals surface area (Å²) in [5, 5.41) is 13.3. The van der Waals surface area contributed by atoms with E-state index in [1.165, 1.54) is 26.2 Å². The summed E-state index contributed by atoms with van der Waals surface area (Å²) in [5.74, 6) is 0. The molecule has 0 aromatic heterocycles. The predicted molar refractivity (Wildman–Crippen MR) is 80.6 cm³/mol. The maximum atomic E-state index is 11.1. The number of hydrogen-bond acceptors (Lipinski definition) is 6. The fourth-order valence-electron chi connectivity index (χ4n) is 1.59. The van der Waals surface area contributed by atoms with Gasteiger partial charge in [0, 0.05) is 20.2 Å². The molecule has 0 fully saturated rings. The third-order valence-corrected chi connectivity index (χ3v) is 2.86. The molecule has 1 aromatic carbocycles. The van der Waals surface area contributed by atoms with Gasteiger partial charge >= 0.3 is 6.09 Å². The van der Waals surface area contributed by atoms with Crippen molar-refractivity contribution in [2.75, 3.05) is 14.1 Å². The van der Waals surface area contributed by atoms with Gasteiger partial charge in [-0.15, -0.1) is 0 Å². The lowest BCUT2D eigenvalue weighted by molar-refractivity contribution is -0.386. The molecule has 1 aromatic rings. The van der Waals surface area contributed by atoms with E-state index in [1.807, 2.05) is 6.92 Å². The van der Waals surface area contributed by atoms with Crippen LogP contribution in [0.4, 0.5) is 10.5 Å². The van der Waals surface area contributed by atoms with Gasteiger partial charge in [0.25, 0.3) is 5.69 Å². The first-order chi connectivity index (χ1) is 10.3. The Morgan fingerprint density at radius 3 is 2.32 bits per heavy atom. The van der Waals surface area contributed by atoms with Crippen LogP contribution >= 0.6 is 0 Å². The minimum atomic E-state index is -0.676. The molecule has 1 rings (SSSR count). The molecule has 22 heavy (non-hydrogen) atoms. The van der Waals surface area contributed by atoms with Crippen molar-refractivity contribution >= 4 is 17.9 Å². The Labute approximate surface area is 128 Å². The smallest absolute Gasteiger partial charge is 0.407 e. The normalized spacial score (nSPS) is 10.4. The van der Waals surface area contributed by atoms with Gasteiger partial charge in [0.2, 0.25) is 6.08 Å². The Morgan fingerprint density at radius 2 is 1.91 bits per heavy atom. The number of hydrogen-bond donors (Lipinski definition) is 1. The van der Waals surface area contributed by atoms with E-state index >= 15 is 0 Å². The number of aliphatic imine (C=N–C) groups is 1. The molecule has 0 radical (unpaired) electrons. The van der Waals surface area contributed by atoms with Gasteiger partial charge < -0.3 is 10.1 Å². The van der Waals surface area contributed by atoms with Crippen molar-refractivity contribution in [2.45, 2.75) is 26.9 Å². The summed E-state index contributed by atoms with van der Waals surface area (Å²) < 4.78 is 5.02. The average molecular weight is 309 g/mol. The summed E-state index contributed by atoms with van der Waals surface area (Å²) in [4.78, 5) is 33.5. The Hall–Kier alpha value is -2.73. The number of nitro groups is 1. The molecule has 120 valence electrons. The van der Waals surface area contributed by atoms with Gasteiger partial charge in [-0.2, -0.15) is 0 Å². The van der Waals surface area contributed by atoms with Crippen molar-refractivity contribution in [3.63, 3.8) is 0 Å². The number of isocyanates is 1. The maximum Gasteiger partial charge on any atom is 0.407 e. The number of nitro benzene ring substituents is 1. The molecule has 0 aliphatic carbocycles. The quantitative estimate of drug-likeness (QED) is 0.399. The van der Waals surface area contributed by atoms with Crippen molar-refractivity contribution in [1.29, 1.82) is 0 Å². The Morgan fingerprint density at radius 1 is 1.41 bits per heavy atom. The Bertz CT molecular complexity index is 594. The second-order valence-corrected chi connectivity index (χ2v) is 4.36. The number of carbonyl (C=O) groups is 1. The molecular formula is C14H19N3O5. The number of nitrogens with one attached hydrogen (secondary N) is 1. The van der Waals surface area contributed by atoms with E-state index in [0.29, 0.717) is 5.56 Å². The average Bonchev–Trinajstić information content (AvgIpc) is 2.49. The van der Waals surface area contributed by atoms with Gasteiger partial charge in [-0.3, -0.25) is 10.1 Å². The molecule has 0 aliphatic rings. The van der Waals surface area contributed by atoms with E-state index < -0.39 is 17.1 Å². The molecule has 0 bridgehead atoms. The van der Waals surface area contributed by atoms with Gasteiger partial charge in [-0.05, 0) is 38.0 Å². The lowest BCUT2D eigenvalue weighted by atomic mass is 10.0. The van der Waals surface area contributed by atoms with Crippen LogP contribution in [-0.4, -0.2) is 31.2 Å². The lowest BCUT2D eigenvalue weighted by Crippen LogP contribution is -2.21. The predicted octanol–water partition coefficient (Wildman–Crippen LogP) is 2.58. The van der Waals surface area contributed by atoms with Crippen LogP contribution in [0.25, 0.3) is 0 Å². The lowest BCUT2D eigenvalue weighted by Gasteiger charge is -2.14. The highest BCUT2D eigenvalue weighted by Crippen LogP contribution is 2.30. The summed E-state index contributed by atoms with van der Waals surface area (Å²) in [6.45, 7) is 5.26. The highest BCUT2D eigenvalue weighted by atomic mass is 16.6. The van der Waals surface area contributed by atoms with Crippen LogP contribution in [0.5, 0.6) is 0 Å². The number of nitrogens with zero attached hydrogens (tertiary/aromatic N) is 2. The summed E-state index contributed by atoms with van der Waals surface area (Å²) in [5.41, 5.74) is 2.11. The van der Waals surface area contributed by atoms with E-state index in [0.717, 1.165) is 11.1 Å². The third-order valence-electron chi connectivity index (χ3n) is 2.86. The zero-order valence-electron chi connectivity index (χ0n) is 13.2. The monoisotopic (exact) mass is 309 g/mol. The molecule has 0 heterocycles. The summed E-state index contributed by atoms with van der Waals surface area (Å²) >= 11 is 0. The molecule has 1 amide bonds. The minimum absolute atomic E-state index is 0.0329. The Kier molecular flexibility index (Phi) is 8.10. The van der Waals surface area contributed by atoms with E-state index in [-0.39, 0.29) is 5.69 Å². The molecule has 8 heteroatoms. The SMILES string of the molecule is CN=C=O.CNC(=O)OC(C)c1cc(C)c(C)cc1[N+](=O)[O-]. The fourth-order valence-corrected chi connectivity index (χ4v) is 1.59. The summed E-state index contributed by atoms with van der Waals surface area (Å²) in [6, 6.07) is 3.18. The van der Waals surface area contributed by atoms with Crippen molar-refractivity contribution in [3.05, 3.63) is 38.9 Å². The van der Waals surface area contributed by atoms with Gasteiger partial charge in [-0.25, -0.2) is 14.6 Å². The van der Waals surface area contributed by atoms with E-state index in [9.17, 15) is 14.9 Å². The topological polar surface area (TPSA) is 111 Å². The van der Waals surface area contributed by atoms with Crippen molar-refractivity contribution in [1.82, 2.24) is 5.32 Å². The molecule has 0 saturated heterocycles. The van der Waals surface area contributed by atoms with Gasteiger partial charge in [0.05, 0.1) is 10.5 Å². The second kappa shape index (κ2) is 9.25. The standard InChI is InChI=1S/C12H16N2O4.C2H3NO/c1-7-5-10(9(3)18-12(15)13-4)11(14(16)17)6-8(7)2;1-3-2-4/h5-6,9H,1-4H3,(H,13,15);1H3. The molecule has 0 spiro atoms. The minimum Gasteiger partial charge on any atom is -0.441 e. The molecular weight excluding hydrogens is 290 g/mol. The fraction of sp³-hybridized carbons (Fsp3) is 0.429. The summed E-state index contributed by atoms with van der Waals surface area (Å²) in [6.07, 6.45) is 0.0136. The van der Waals surface area contributed by atoms with Crippen LogP contribution in [-0.2, 0) is 9.53 Å². The van der Waals surface area contributed by atoms with E-state index in [1.54, 1.807) is 19.9 Å². The number of ether oxygens (including phenoxy) is 1. The zero-order valence-corrected chi connectivity index (χ0v) is 13.2. The highest BCUT2D eigenvalue weighted by Gasteiger charge is 2.22. The van der Waals surface area contributed by atoms with Gasteiger partial charge in [-0.1, -0.05) is 0 Å². The largest absolute Gasteiger partial charge is 0.441 e. The van der Waals surface area contributed by atoms with Crippen LogP contribution in [0.15, 0.2) is 17.1 Å². The van der Waals surface area contributed by atoms with Gasteiger partial charge in [0.15, 0.2) is 0 Å². The van der Waals surface area contributed by atoms with Crippen LogP contribution < -0.4 is 5.32 Å². The molecule has 1 N–H and O–H groups in total. The third kappa shape index (κ3) is 5.72. The molecule has 8 nitrogen and oxygen atoms in total. The van der Waals surface area contributed by atoms with E-state index in [2.05, 4.69) is 10.3 Å². The molecule has 0 saturated carbocycles. The first-order valence-electron chi connectivity index (χ1n) is 6.38. The number of alkyl carbamates (subject to hydrolysis) is 1. The first kappa shape index (κ1) is 19.3. The maximum absolute atomic E-state index is 11.1. The van der Waals surface area contributed by atoms with Crippen LogP contribution in [0.2, 0.25) is 0 Å². The van der Waals surface area contributed by atoms with Crippen LogP contribution in [0, 0.1) is 24.0 Å². The van der Waals surface area contributed by atoms with Crippen molar-refractivity contribution in [2.24, 2.45) is 4.99 Å². The van der Waals surface area contributed by atoms with Crippen molar-refractivity contribution in [3.8, 4) is 0 Å².